The molecule has 6 heteroatoms. The number of alkyl carbamates (subject to hydrolysis) is 1. The maximum Gasteiger partial charge on any atom is 0.408 e. The number of amides is 1. The second kappa shape index (κ2) is 5.63. The summed E-state index contributed by atoms with van der Waals surface area (Å²) in [6.07, 6.45) is -1.54. The quantitative estimate of drug-likeness (QED) is 0.829. The van der Waals surface area contributed by atoms with Crippen LogP contribution in [0.15, 0.2) is 18.2 Å². The van der Waals surface area contributed by atoms with Crippen molar-refractivity contribution in [3.63, 3.8) is 0 Å². The number of carbonyl (C=O) groups is 1. The molecule has 22 heavy (non-hydrogen) atoms. The summed E-state index contributed by atoms with van der Waals surface area (Å²) in [6, 6.07) is 4.39. The van der Waals surface area contributed by atoms with E-state index >= 15 is 0 Å². The average molecular weight is 328 g/mol. The summed E-state index contributed by atoms with van der Waals surface area (Å²) in [4.78, 5) is 12.0. The van der Waals surface area contributed by atoms with Gasteiger partial charge in [0.25, 0.3) is 0 Å². The van der Waals surface area contributed by atoms with Gasteiger partial charge in [-0.15, -0.1) is 0 Å². The monoisotopic (exact) mass is 327 g/mol. The summed E-state index contributed by atoms with van der Waals surface area (Å²) in [5, 5.41) is 13.8. The predicted molar refractivity (Wildman–Crippen MR) is 84.3 cm³/mol. The molecule has 1 amide bonds. The number of fused-ring (bicyclic) bond motifs is 1. The molecule has 0 fully saturated rings. The topological polar surface area (TPSA) is 67.8 Å². The first-order valence-electron chi connectivity index (χ1n) is 7.16. The molecule has 2 N–H and O–H groups in total. The number of benzene rings is 1. The number of hydrogen-bond acceptors (Lipinski definition) is 4. The van der Waals surface area contributed by atoms with E-state index in [9.17, 15) is 9.90 Å². The zero-order valence-electron chi connectivity index (χ0n) is 13.4. The normalized spacial score (nSPS) is 23.2. The van der Waals surface area contributed by atoms with Crippen molar-refractivity contribution in [2.24, 2.45) is 0 Å². The predicted octanol–water partition coefficient (Wildman–Crippen LogP) is 3.44. The van der Waals surface area contributed by atoms with Crippen LogP contribution in [0.5, 0.6) is 5.75 Å². The number of hydrogen-bond donors (Lipinski definition) is 2. The van der Waals surface area contributed by atoms with Gasteiger partial charge in [0.05, 0.1) is 0 Å². The number of nitrogens with one attached hydrogen (secondary N) is 1. The van der Waals surface area contributed by atoms with Crippen molar-refractivity contribution in [3.8, 4) is 5.75 Å². The molecule has 0 aromatic heterocycles. The van der Waals surface area contributed by atoms with Gasteiger partial charge >= 0.3 is 6.09 Å². The minimum absolute atomic E-state index is 0.497. The molecule has 0 aliphatic carbocycles. The number of ether oxygens (including phenoxy) is 2. The molecule has 1 aliphatic heterocycles. The highest BCUT2D eigenvalue weighted by Crippen LogP contribution is 2.40. The Labute approximate surface area is 135 Å². The highest BCUT2D eigenvalue weighted by molar-refractivity contribution is 6.30. The molecule has 0 radical (unpaired) electrons. The second-order valence-electron chi connectivity index (χ2n) is 6.96. The van der Waals surface area contributed by atoms with E-state index in [1.165, 1.54) is 0 Å². The van der Waals surface area contributed by atoms with Crippen molar-refractivity contribution in [1.82, 2.24) is 5.32 Å². The summed E-state index contributed by atoms with van der Waals surface area (Å²) in [5.41, 5.74) is -0.861. The number of carbonyl (C=O) groups excluding carboxylic acids is 1. The van der Waals surface area contributed by atoms with Crippen molar-refractivity contribution in [1.29, 1.82) is 0 Å². The van der Waals surface area contributed by atoms with Gasteiger partial charge in [-0.3, -0.25) is 0 Å². The summed E-state index contributed by atoms with van der Waals surface area (Å²) in [7, 11) is 0. The van der Waals surface area contributed by atoms with Crippen LogP contribution in [-0.2, 0) is 4.74 Å². The van der Waals surface area contributed by atoms with Crippen molar-refractivity contribution < 1.29 is 19.4 Å². The van der Waals surface area contributed by atoms with Crippen LogP contribution in [0.1, 0.15) is 46.3 Å². The summed E-state index contributed by atoms with van der Waals surface area (Å²) in [5.74, 6) is 0.559. The Morgan fingerprint density at radius 2 is 2.05 bits per heavy atom. The van der Waals surface area contributed by atoms with E-state index in [4.69, 9.17) is 21.1 Å². The maximum atomic E-state index is 12.0. The lowest BCUT2D eigenvalue weighted by atomic mass is 9.86. The molecule has 0 unspecified atom stereocenters. The van der Waals surface area contributed by atoms with Crippen LogP contribution in [0.2, 0.25) is 5.02 Å². The third kappa shape index (κ3) is 3.65. The fraction of sp³-hybridized carbons (Fsp3) is 0.562. The maximum absolute atomic E-state index is 12.0. The van der Waals surface area contributed by atoms with Gasteiger partial charge in [-0.1, -0.05) is 11.6 Å². The van der Waals surface area contributed by atoms with Gasteiger partial charge in [-0.25, -0.2) is 4.79 Å². The molecule has 1 aliphatic rings. The zero-order chi connectivity index (χ0) is 16.7. The van der Waals surface area contributed by atoms with Gasteiger partial charge in [0.1, 0.15) is 29.1 Å². The van der Waals surface area contributed by atoms with E-state index in [0.29, 0.717) is 16.3 Å². The summed E-state index contributed by atoms with van der Waals surface area (Å²) < 4.78 is 11.2. The molecule has 0 bridgehead atoms. The molecule has 1 aromatic rings. The SMILES string of the molecule is CC(C)(C)OC(=O)N[C@H]1[C@H](O)c2cc(Cl)ccc2OC1(C)C. The Morgan fingerprint density at radius 1 is 1.41 bits per heavy atom. The Kier molecular flexibility index (Phi) is 4.33. The fourth-order valence-electron chi connectivity index (χ4n) is 2.44. The highest BCUT2D eigenvalue weighted by atomic mass is 35.5. The molecule has 0 saturated carbocycles. The first-order valence-corrected chi connectivity index (χ1v) is 7.53. The third-order valence-electron chi connectivity index (χ3n) is 3.40. The van der Waals surface area contributed by atoms with Crippen LogP contribution in [0, 0.1) is 0 Å². The smallest absolute Gasteiger partial charge is 0.408 e. The van der Waals surface area contributed by atoms with E-state index in [-0.39, 0.29) is 0 Å². The minimum atomic E-state index is -0.940. The van der Waals surface area contributed by atoms with Crippen molar-refractivity contribution in [2.75, 3.05) is 0 Å². The van der Waals surface area contributed by atoms with E-state index in [1.807, 2.05) is 0 Å². The average Bonchev–Trinajstić information content (AvgIpc) is 2.33. The van der Waals surface area contributed by atoms with Gasteiger partial charge in [0.2, 0.25) is 0 Å². The number of halogens is 1. The van der Waals surface area contributed by atoms with Crippen LogP contribution in [0.25, 0.3) is 0 Å². The third-order valence-corrected chi connectivity index (χ3v) is 3.64. The van der Waals surface area contributed by atoms with Crippen LogP contribution in [0.4, 0.5) is 4.79 Å². The second-order valence-corrected chi connectivity index (χ2v) is 7.39. The molecular formula is C16H22ClNO4. The number of aliphatic hydroxyl groups excluding tert-OH is 1. The largest absolute Gasteiger partial charge is 0.485 e. The van der Waals surface area contributed by atoms with Gasteiger partial charge in [0, 0.05) is 10.6 Å². The zero-order valence-corrected chi connectivity index (χ0v) is 14.2. The van der Waals surface area contributed by atoms with Gasteiger partial charge in [0.15, 0.2) is 0 Å². The molecular weight excluding hydrogens is 306 g/mol. The molecule has 5 nitrogen and oxygen atoms in total. The standard InChI is InChI=1S/C16H22ClNO4/c1-15(2,3)22-14(20)18-13-12(19)10-8-9(17)6-7-11(10)21-16(13,4)5/h6-8,12-13,19H,1-5H3,(H,18,20)/t12-,13+/m1/s1. The van der Waals surface area contributed by atoms with E-state index in [1.54, 1.807) is 52.8 Å². The molecule has 1 heterocycles. The number of rotatable bonds is 1. The lowest BCUT2D eigenvalue weighted by Gasteiger charge is -2.43. The molecule has 0 saturated heterocycles. The Bertz CT molecular complexity index is 580. The first-order chi connectivity index (χ1) is 9.99. The van der Waals surface area contributed by atoms with Crippen LogP contribution >= 0.6 is 11.6 Å². The Hall–Kier alpha value is -1.46. The lowest BCUT2D eigenvalue weighted by molar-refractivity contribution is -0.0331. The molecule has 122 valence electrons. The van der Waals surface area contributed by atoms with Crippen LogP contribution in [-0.4, -0.2) is 28.4 Å². The van der Waals surface area contributed by atoms with Gasteiger partial charge < -0.3 is 19.9 Å². The molecule has 2 rings (SSSR count). The molecule has 0 spiro atoms. The van der Waals surface area contributed by atoms with E-state index in [0.717, 1.165) is 0 Å². The molecule has 1 aromatic carbocycles. The van der Waals surface area contributed by atoms with Crippen LogP contribution < -0.4 is 10.1 Å². The Morgan fingerprint density at radius 3 is 2.64 bits per heavy atom. The van der Waals surface area contributed by atoms with E-state index in [2.05, 4.69) is 5.32 Å². The van der Waals surface area contributed by atoms with Gasteiger partial charge in [-0.2, -0.15) is 0 Å². The van der Waals surface area contributed by atoms with Crippen molar-refractivity contribution in [2.45, 2.75) is 58.0 Å². The van der Waals surface area contributed by atoms with Crippen molar-refractivity contribution >= 4 is 17.7 Å². The van der Waals surface area contributed by atoms with E-state index < -0.39 is 29.4 Å². The van der Waals surface area contributed by atoms with Gasteiger partial charge in [-0.05, 0) is 52.8 Å². The summed E-state index contributed by atoms with van der Waals surface area (Å²) >= 11 is 5.97. The van der Waals surface area contributed by atoms with Crippen molar-refractivity contribution in [3.05, 3.63) is 28.8 Å². The minimum Gasteiger partial charge on any atom is -0.485 e. The Balaban J connectivity index is 2.25. The first kappa shape index (κ1) is 16.9. The fourth-order valence-corrected chi connectivity index (χ4v) is 2.62. The lowest BCUT2D eigenvalue weighted by Crippen LogP contribution is -2.58. The van der Waals surface area contributed by atoms with Crippen LogP contribution in [0.3, 0.4) is 0 Å². The number of aliphatic hydroxyl groups is 1. The summed E-state index contributed by atoms with van der Waals surface area (Å²) in [6.45, 7) is 8.94. The highest BCUT2D eigenvalue weighted by Gasteiger charge is 2.44. The molecule has 2 atom stereocenters.